The Morgan fingerprint density at radius 3 is 2.43 bits per heavy atom. The number of nitrogens with one attached hydrogen (secondary N) is 1. The second kappa shape index (κ2) is 5.30. The van der Waals surface area contributed by atoms with Crippen LogP contribution in [0.1, 0.15) is 27.0 Å². The van der Waals surface area contributed by atoms with Gasteiger partial charge in [0.25, 0.3) is 5.91 Å². The average Bonchev–Trinajstić information content (AvgIpc) is 2.78. The topological polar surface area (TPSA) is 42.0 Å². The number of thiazole rings is 1. The van der Waals surface area contributed by atoms with E-state index in [1.165, 1.54) is 16.9 Å². The zero-order chi connectivity index (χ0) is 15.0. The van der Waals surface area contributed by atoms with Crippen LogP contribution in [0.5, 0.6) is 0 Å². The monoisotopic (exact) mass is 296 g/mol. The lowest BCUT2D eigenvalue weighted by molar-refractivity contribution is 0.102. The third kappa shape index (κ3) is 2.95. The van der Waals surface area contributed by atoms with Crippen LogP contribution in [0, 0.1) is 20.8 Å². The average molecular weight is 296 g/mol. The lowest BCUT2D eigenvalue weighted by Gasteiger charge is -2.04. The highest BCUT2D eigenvalue weighted by molar-refractivity contribution is 7.22. The molecule has 0 aliphatic rings. The normalized spacial score (nSPS) is 10.8. The van der Waals surface area contributed by atoms with Gasteiger partial charge in [-0.2, -0.15) is 0 Å². The van der Waals surface area contributed by atoms with Crippen LogP contribution >= 0.6 is 11.3 Å². The van der Waals surface area contributed by atoms with Gasteiger partial charge in [-0.1, -0.05) is 34.6 Å². The number of nitrogens with zero attached hydrogens (tertiary/aromatic N) is 1. The molecular formula is C17H16N2OS. The summed E-state index contributed by atoms with van der Waals surface area (Å²) in [6.45, 7) is 6.03. The molecule has 0 saturated carbocycles. The molecule has 1 N–H and O–H groups in total. The lowest BCUT2D eigenvalue weighted by Crippen LogP contribution is -2.12. The first-order valence-corrected chi connectivity index (χ1v) is 7.60. The van der Waals surface area contributed by atoms with Gasteiger partial charge >= 0.3 is 0 Å². The molecule has 0 unspecified atom stereocenters. The van der Waals surface area contributed by atoms with E-state index in [-0.39, 0.29) is 5.91 Å². The summed E-state index contributed by atoms with van der Waals surface area (Å²) in [6.07, 6.45) is 0. The predicted molar refractivity (Wildman–Crippen MR) is 88.2 cm³/mol. The third-order valence-electron chi connectivity index (χ3n) is 3.25. The fraction of sp³-hybridized carbons (Fsp3) is 0.176. The van der Waals surface area contributed by atoms with Crippen LogP contribution in [0.3, 0.4) is 0 Å². The minimum Gasteiger partial charge on any atom is -0.298 e. The van der Waals surface area contributed by atoms with Crippen molar-refractivity contribution in [1.82, 2.24) is 4.98 Å². The number of aryl methyl sites for hydroxylation is 3. The quantitative estimate of drug-likeness (QED) is 0.758. The van der Waals surface area contributed by atoms with Gasteiger partial charge in [-0.05, 0) is 50.6 Å². The smallest absolute Gasteiger partial charge is 0.257 e. The number of hydrogen-bond donors (Lipinski definition) is 1. The maximum absolute atomic E-state index is 12.3. The Hall–Kier alpha value is -2.20. The summed E-state index contributed by atoms with van der Waals surface area (Å²) >= 11 is 1.50. The van der Waals surface area contributed by atoms with E-state index in [1.54, 1.807) is 0 Å². The van der Waals surface area contributed by atoms with Gasteiger partial charge in [0.2, 0.25) is 0 Å². The summed E-state index contributed by atoms with van der Waals surface area (Å²) in [6, 6.07) is 11.9. The fourth-order valence-electron chi connectivity index (χ4n) is 2.36. The van der Waals surface area contributed by atoms with Crippen LogP contribution in [-0.2, 0) is 0 Å². The summed E-state index contributed by atoms with van der Waals surface area (Å²) in [7, 11) is 0. The Bertz CT molecular complexity index is 816. The zero-order valence-electron chi connectivity index (χ0n) is 12.2. The molecule has 0 radical (unpaired) electrons. The lowest BCUT2D eigenvalue weighted by atomic mass is 10.1. The van der Waals surface area contributed by atoms with Crippen molar-refractivity contribution in [1.29, 1.82) is 0 Å². The number of benzene rings is 2. The number of rotatable bonds is 2. The number of fused-ring (bicyclic) bond motifs is 1. The standard InChI is InChI=1S/C17H16N2OS/c1-10-4-5-14-15(9-10)21-17(18-14)19-16(20)13-7-11(2)6-12(3)8-13/h4-9H,1-3H3,(H,18,19,20). The summed E-state index contributed by atoms with van der Waals surface area (Å²) in [5, 5.41) is 3.53. The van der Waals surface area contributed by atoms with Crippen molar-refractivity contribution in [3.63, 3.8) is 0 Å². The molecule has 2 aromatic carbocycles. The van der Waals surface area contributed by atoms with Gasteiger partial charge in [0.15, 0.2) is 5.13 Å². The Kier molecular flexibility index (Phi) is 3.47. The van der Waals surface area contributed by atoms with Crippen molar-refractivity contribution in [2.75, 3.05) is 5.32 Å². The van der Waals surface area contributed by atoms with E-state index in [9.17, 15) is 4.79 Å². The highest BCUT2D eigenvalue weighted by Crippen LogP contribution is 2.27. The highest BCUT2D eigenvalue weighted by atomic mass is 32.1. The van der Waals surface area contributed by atoms with E-state index in [1.807, 2.05) is 45.0 Å². The first-order valence-electron chi connectivity index (χ1n) is 6.78. The van der Waals surface area contributed by atoms with Crippen molar-refractivity contribution in [2.45, 2.75) is 20.8 Å². The van der Waals surface area contributed by atoms with Gasteiger partial charge in [-0.25, -0.2) is 4.98 Å². The highest BCUT2D eigenvalue weighted by Gasteiger charge is 2.10. The summed E-state index contributed by atoms with van der Waals surface area (Å²) in [4.78, 5) is 16.8. The van der Waals surface area contributed by atoms with Crippen molar-refractivity contribution in [3.8, 4) is 0 Å². The third-order valence-corrected chi connectivity index (χ3v) is 4.18. The van der Waals surface area contributed by atoms with Crippen LogP contribution in [0.2, 0.25) is 0 Å². The maximum Gasteiger partial charge on any atom is 0.257 e. The zero-order valence-corrected chi connectivity index (χ0v) is 13.0. The molecule has 4 heteroatoms. The molecule has 106 valence electrons. The largest absolute Gasteiger partial charge is 0.298 e. The van der Waals surface area contributed by atoms with Gasteiger partial charge in [-0.3, -0.25) is 10.1 Å². The first-order chi connectivity index (χ1) is 10.0. The van der Waals surface area contributed by atoms with Crippen molar-refractivity contribution >= 4 is 32.6 Å². The Morgan fingerprint density at radius 1 is 1.00 bits per heavy atom. The molecule has 0 aliphatic carbocycles. The summed E-state index contributed by atoms with van der Waals surface area (Å²) in [5.74, 6) is -0.113. The molecule has 0 bridgehead atoms. The second-order valence-corrected chi connectivity index (χ2v) is 6.35. The van der Waals surface area contributed by atoms with Crippen LogP contribution < -0.4 is 5.32 Å². The number of amides is 1. The molecule has 3 aromatic rings. The van der Waals surface area contributed by atoms with Gasteiger partial charge in [-0.15, -0.1) is 0 Å². The molecule has 0 aliphatic heterocycles. The number of carbonyl (C=O) groups is 1. The molecular weight excluding hydrogens is 280 g/mol. The van der Waals surface area contributed by atoms with Crippen LogP contribution in [0.15, 0.2) is 36.4 Å². The molecule has 3 nitrogen and oxygen atoms in total. The van der Waals surface area contributed by atoms with Gasteiger partial charge in [0, 0.05) is 5.56 Å². The Balaban J connectivity index is 1.88. The minimum atomic E-state index is -0.113. The van der Waals surface area contributed by atoms with E-state index in [2.05, 4.69) is 22.4 Å². The fourth-order valence-corrected chi connectivity index (χ4v) is 3.32. The molecule has 3 rings (SSSR count). The molecule has 21 heavy (non-hydrogen) atoms. The number of hydrogen-bond acceptors (Lipinski definition) is 3. The number of anilines is 1. The van der Waals surface area contributed by atoms with Gasteiger partial charge in [0.05, 0.1) is 10.2 Å². The minimum absolute atomic E-state index is 0.113. The number of aromatic nitrogens is 1. The van der Waals surface area contributed by atoms with Crippen LogP contribution in [0.25, 0.3) is 10.2 Å². The maximum atomic E-state index is 12.3. The van der Waals surface area contributed by atoms with Gasteiger partial charge in [0.1, 0.15) is 0 Å². The van der Waals surface area contributed by atoms with E-state index in [0.717, 1.165) is 21.3 Å². The molecule has 0 spiro atoms. The molecule has 1 aromatic heterocycles. The summed E-state index contributed by atoms with van der Waals surface area (Å²) in [5.41, 5.74) is 4.95. The molecule has 0 fully saturated rings. The van der Waals surface area contributed by atoms with E-state index >= 15 is 0 Å². The summed E-state index contributed by atoms with van der Waals surface area (Å²) < 4.78 is 1.09. The van der Waals surface area contributed by atoms with Crippen molar-refractivity contribution in [3.05, 3.63) is 58.7 Å². The van der Waals surface area contributed by atoms with Crippen LogP contribution in [0.4, 0.5) is 5.13 Å². The molecule has 1 amide bonds. The SMILES string of the molecule is Cc1cc(C)cc(C(=O)Nc2nc3ccc(C)cc3s2)c1. The van der Waals surface area contributed by atoms with Crippen LogP contribution in [-0.4, -0.2) is 10.9 Å². The molecule has 0 atom stereocenters. The van der Waals surface area contributed by atoms with Crippen molar-refractivity contribution < 1.29 is 4.79 Å². The Labute approximate surface area is 127 Å². The molecule has 1 heterocycles. The van der Waals surface area contributed by atoms with Crippen molar-refractivity contribution in [2.24, 2.45) is 0 Å². The van der Waals surface area contributed by atoms with E-state index < -0.39 is 0 Å². The number of carbonyl (C=O) groups excluding carboxylic acids is 1. The first kappa shape index (κ1) is 13.8. The molecule has 0 saturated heterocycles. The van der Waals surface area contributed by atoms with E-state index in [4.69, 9.17) is 0 Å². The van der Waals surface area contributed by atoms with E-state index in [0.29, 0.717) is 10.7 Å². The van der Waals surface area contributed by atoms with Gasteiger partial charge < -0.3 is 0 Å². The second-order valence-electron chi connectivity index (χ2n) is 5.32. The Morgan fingerprint density at radius 2 is 1.71 bits per heavy atom. The predicted octanol–water partition coefficient (Wildman–Crippen LogP) is 4.47.